The lowest BCUT2D eigenvalue weighted by molar-refractivity contribution is -0.135. The van der Waals surface area contributed by atoms with Gasteiger partial charge in [-0.05, 0) is 31.4 Å². The normalized spacial score (nSPS) is 18.7. The summed E-state index contributed by atoms with van der Waals surface area (Å²) in [6, 6.07) is 8.77. The fraction of sp³-hybridized carbons (Fsp3) is 0.476. The van der Waals surface area contributed by atoms with E-state index in [4.69, 9.17) is 4.42 Å². The lowest BCUT2D eigenvalue weighted by Crippen LogP contribution is -2.40. The summed E-state index contributed by atoms with van der Waals surface area (Å²) in [5.41, 5.74) is -0.0747. The maximum atomic E-state index is 12.9. The molecular weight excluding hydrogens is 344 g/mol. The van der Waals surface area contributed by atoms with Gasteiger partial charge in [-0.1, -0.05) is 31.0 Å². The lowest BCUT2D eigenvalue weighted by atomic mass is 10.1. The predicted molar refractivity (Wildman–Crippen MR) is 102 cm³/mol. The van der Waals surface area contributed by atoms with Gasteiger partial charge in [0, 0.05) is 37.5 Å². The number of amides is 2. The first-order valence-corrected chi connectivity index (χ1v) is 9.74. The van der Waals surface area contributed by atoms with Crippen molar-refractivity contribution in [3.05, 3.63) is 46.3 Å². The molecule has 1 saturated carbocycles. The molecule has 0 radical (unpaired) electrons. The van der Waals surface area contributed by atoms with E-state index in [2.05, 4.69) is 0 Å². The first kappa shape index (κ1) is 17.8. The van der Waals surface area contributed by atoms with Crippen LogP contribution in [0.15, 0.2) is 39.5 Å². The minimum absolute atomic E-state index is 0.0595. The molecule has 2 aromatic rings. The molecule has 0 N–H and O–H groups in total. The quantitative estimate of drug-likeness (QED) is 0.764. The van der Waals surface area contributed by atoms with E-state index in [9.17, 15) is 14.4 Å². The Morgan fingerprint density at radius 2 is 1.63 bits per heavy atom. The molecule has 2 aliphatic rings. The Kier molecular flexibility index (Phi) is 4.97. The summed E-state index contributed by atoms with van der Waals surface area (Å²) in [4.78, 5) is 41.4. The summed E-state index contributed by atoms with van der Waals surface area (Å²) in [6.45, 7) is 2.19. The van der Waals surface area contributed by atoms with Gasteiger partial charge in [-0.25, -0.2) is 4.79 Å². The van der Waals surface area contributed by atoms with Crippen LogP contribution in [0.25, 0.3) is 11.0 Å². The summed E-state index contributed by atoms with van der Waals surface area (Å²) in [5, 5.41) is 0.730. The molecule has 2 fully saturated rings. The average Bonchev–Trinajstić information content (AvgIpc) is 3.11. The Bertz CT molecular complexity index is 914. The van der Waals surface area contributed by atoms with E-state index < -0.39 is 5.63 Å². The van der Waals surface area contributed by atoms with E-state index in [0.717, 1.165) is 37.5 Å². The third kappa shape index (κ3) is 3.61. The van der Waals surface area contributed by atoms with Crippen LogP contribution in [0.2, 0.25) is 0 Å². The molecule has 2 amide bonds. The summed E-state index contributed by atoms with van der Waals surface area (Å²) < 4.78 is 5.30. The second kappa shape index (κ2) is 7.55. The van der Waals surface area contributed by atoms with Gasteiger partial charge >= 0.3 is 5.63 Å². The SMILES string of the molecule is O=C(c1cc2ccccc2oc1=O)N1CCCN(C(=O)C2CCCC2)CC1. The van der Waals surface area contributed by atoms with Crippen molar-refractivity contribution in [2.24, 2.45) is 5.92 Å². The minimum Gasteiger partial charge on any atom is -0.422 e. The Hall–Kier alpha value is -2.63. The standard InChI is InChI=1S/C21H24N2O4/c24-19(15-6-1-2-7-15)22-10-5-11-23(13-12-22)20(25)17-14-16-8-3-4-9-18(16)27-21(17)26/h3-4,8-9,14-15H,1-2,5-7,10-13H2. The molecule has 142 valence electrons. The summed E-state index contributed by atoms with van der Waals surface area (Å²) >= 11 is 0. The molecule has 1 aromatic heterocycles. The zero-order valence-corrected chi connectivity index (χ0v) is 15.4. The summed E-state index contributed by atoms with van der Waals surface area (Å²) in [5.74, 6) is 0.0662. The Morgan fingerprint density at radius 1 is 0.926 bits per heavy atom. The Balaban J connectivity index is 1.49. The number of hydrogen-bond acceptors (Lipinski definition) is 4. The topological polar surface area (TPSA) is 70.8 Å². The van der Waals surface area contributed by atoms with Crippen LogP contribution in [0.4, 0.5) is 0 Å². The van der Waals surface area contributed by atoms with Crippen molar-refractivity contribution in [1.82, 2.24) is 9.80 Å². The van der Waals surface area contributed by atoms with Crippen LogP contribution in [0.3, 0.4) is 0 Å². The molecule has 0 atom stereocenters. The minimum atomic E-state index is -0.609. The third-order valence-electron chi connectivity index (χ3n) is 5.67. The molecular formula is C21H24N2O4. The van der Waals surface area contributed by atoms with E-state index >= 15 is 0 Å². The largest absolute Gasteiger partial charge is 0.422 e. The molecule has 1 saturated heterocycles. The van der Waals surface area contributed by atoms with Crippen LogP contribution in [0.5, 0.6) is 0 Å². The molecule has 0 bridgehead atoms. The van der Waals surface area contributed by atoms with Crippen LogP contribution in [0.1, 0.15) is 42.5 Å². The van der Waals surface area contributed by atoms with Crippen LogP contribution in [-0.4, -0.2) is 47.8 Å². The lowest BCUT2D eigenvalue weighted by Gasteiger charge is -2.24. The van der Waals surface area contributed by atoms with Gasteiger partial charge in [0.15, 0.2) is 0 Å². The van der Waals surface area contributed by atoms with Crippen molar-refractivity contribution < 1.29 is 14.0 Å². The molecule has 6 heteroatoms. The van der Waals surface area contributed by atoms with Gasteiger partial charge in [-0.2, -0.15) is 0 Å². The van der Waals surface area contributed by atoms with Gasteiger partial charge < -0.3 is 14.2 Å². The van der Waals surface area contributed by atoms with Crippen molar-refractivity contribution >= 4 is 22.8 Å². The molecule has 0 unspecified atom stereocenters. The number of nitrogens with zero attached hydrogens (tertiary/aromatic N) is 2. The van der Waals surface area contributed by atoms with Gasteiger partial charge in [0.1, 0.15) is 11.1 Å². The van der Waals surface area contributed by atoms with E-state index in [-0.39, 0.29) is 23.3 Å². The molecule has 4 rings (SSSR count). The highest BCUT2D eigenvalue weighted by atomic mass is 16.4. The second-order valence-electron chi connectivity index (χ2n) is 7.44. The number of carbonyl (C=O) groups is 2. The van der Waals surface area contributed by atoms with Crippen LogP contribution in [0, 0.1) is 5.92 Å². The molecule has 2 heterocycles. The highest BCUT2D eigenvalue weighted by Crippen LogP contribution is 2.27. The Morgan fingerprint density at radius 3 is 2.44 bits per heavy atom. The highest BCUT2D eigenvalue weighted by Gasteiger charge is 2.30. The van der Waals surface area contributed by atoms with Crippen LogP contribution in [-0.2, 0) is 4.79 Å². The van der Waals surface area contributed by atoms with E-state index in [1.54, 1.807) is 23.1 Å². The number of carbonyl (C=O) groups excluding carboxylic acids is 2. The monoisotopic (exact) mass is 368 g/mol. The fourth-order valence-electron chi connectivity index (χ4n) is 4.15. The first-order valence-electron chi connectivity index (χ1n) is 9.74. The second-order valence-corrected chi connectivity index (χ2v) is 7.44. The highest BCUT2D eigenvalue weighted by molar-refractivity contribution is 5.96. The number of benzene rings is 1. The zero-order chi connectivity index (χ0) is 18.8. The molecule has 1 aliphatic heterocycles. The molecule has 1 aliphatic carbocycles. The van der Waals surface area contributed by atoms with E-state index in [1.807, 2.05) is 17.0 Å². The third-order valence-corrected chi connectivity index (χ3v) is 5.67. The number of fused-ring (bicyclic) bond motifs is 1. The fourth-order valence-corrected chi connectivity index (χ4v) is 4.15. The maximum absolute atomic E-state index is 12.9. The van der Waals surface area contributed by atoms with Crippen molar-refractivity contribution in [1.29, 1.82) is 0 Å². The van der Waals surface area contributed by atoms with Gasteiger partial charge in [0.05, 0.1) is 0 Å². The van der Waals surface area contributed by atoms with Crippen molar-refractivity contribution in [3.63, 3.8) is 0 Å². The van der Waals surface area contributed by atoms with Crippen molar-refractivity contribution in [3.8, 4) is 0 Å². The molecule has 1 aromatic carbocycles. The molecule has 0 spiro atoms. The number of rotatable bonds is 2. The summed E-state index contributed by atoms with van der Waals surface area (Å²) in [7, 11) is 0. The van der Waals surface area contributed by atoms with Gasteiger partial charge in [-0.3, -0.25) is 9.59 Å². The van der Waals surface area contributed by atoms with Gasteiger partial charge in [-0.15, -0.1) is 0 Å². The van der Waals surface area contributed by atoms with E-state index in [1.165, 1.54) is 0 Å². The average molecular weight is 368 g/mol. The van der Waals surface area contributed by atoms with Crippen molar-refractivity contribution in [2.75, 3.05) is 26.2 Å². The van der Waals surface area contributed by atoms with Crippen LogP contribution < -0.4 is 5.63 Å². The number of para-hydroxylation sites is 1. The summed E-state index contributed by atoms with van der Waals surface area (Å²) in [6.07, 6.45) is 4.95. The van der Waals surface area contributed by atoms with Crippen LogP contribution >= 0.6 is 0 Å². The molecule has 6 nitrogen and oxygen atoms in total. The zero-order valence-electron chi connectivity index (χ0n) is 15.4. The smallest absolute Gasteiger partial charge is 0.349 e. The first-order chi connectivity index (χ1) is 13.1. The Labute approximate surface area is 157 Å². The van der Waals surface area contributed by atoms with Gasteiger partial charge in [0.25, 0.3) is 5.91 Å². The van der Waals surface area contributed by atoms with Crippen molar-refractivity contribution in [2.45, 2.75) is 32.1 Å². The van der Waals surface area contributed by atoms with Gasteiger partial charge in [0.2, 0.25) is 5.91 Å². The molecule has 27 heavy (non-hydrogen) atoms. The maximum Gasteiger partial charge on any atom is 0.349 e. The number of hydrogen-bond donors (Lipinski definition) is 0. The predicted octanol–water partition coefficient (Wildman–Crippen LogP) is 2.66. The van der Waals surface area contributed by atoms with E-state index in [0.29, 0.717) is 31.8 Å².